The monoisotopic (exact) mass is 271 g/mol. The summed E-state index contributed by atoms with van der Waals surface area (Å²) in [4.78, 5) is 16.2. The summed E-state index contributed by atoms with van der Waals surface area (Å²) in [6.45, 7) is 2.51. The van der Waals surface area contributed by atoms with Gasteiger partial charge in [0.2, 0.25) is 0 Å². The molecule has 0 radical (unpaired) electrons. The third-order valence-corrected chi connectivity index (χ3v) is 3.02. The molecule has 0 unspecified atom stereocenters. The Morgan fingerprint density at radius 1 is 1.25 bits per heavy atom. The lowest BCUT2D eigenvalue weighted by atomic mass is 10.2. The van der Waals surface area contributed by atoms with E-state index >= 15 is 0 Å². The van der Waals surface area contributed by atoms with E-state index < -0.39 is 5.97 Å². The number of carbonyl (C=O) groups excluding carboxylic acids is 1. The Morgan fingerprint density at radius 3 is 2.65 bits per heavy atom. The second kappa shape index (κ2) is 4.76. The number of aromatic nitrogens is 5. The normalized spacial score (nSPS) is 10.9. The molecule has 0 saturated heterocycles. The lowest BCUT2D eigenvalue weighted by molar-refractivity contribution is 0.0596. The molecule has 0 atom stereocenters. The third-order valence-electron chi connectivity index (χ3n) is 3.02. The molecule has 7 heteroatoms. The van der Waals surface area contributed by atoms with Gasteiger partial charge in [-0.15, -0.1) is 0 Å². The molecule has 0 N–H and O–H groups in total. The van der Waals surface area contributed by atoms with E-state index in [1.54, 1.807) is 9.20 Å². The third kappa shape index (κ3) is 1.75. The summed E-state index contributed by atoms with van der Waals surface area (Å²) in [6, 6.07) is 9.52. The highest BCUT2D eigenvalue weighted by Crippen LogP contribution is 2.22. The summed E-state index contributed by atoms with van der Waals surface area (Å²) < 4.78 is 7.96. The van der Waals surface area contributed by atoms with E-state index in [0.29, 0.717) is 18.0 Å². The van der Waals surface area contributed by atoms with E-state index in [1.165, 1.54) is 7.11 Å². The Kier molecular flexibility index (Phi) is 2.94. The van der Waals surface area contributed by atoms with Crippen LogP contribution < -0.4 is 0 Å². The molecule has 0 aliphatic rings. The van der Waals surface area contributed by atoms with Crippen LogP contribution >= 0.6 is 0 Å². The molecule has 7 nitrogen and oxygen atoms in total. The molecule has 20 heavy (non-hydrogen) atoms. The molecule has 0 aliphatic heterocycles. The van der Waals surface area contributed by atoms with Gasteiger partial charge in [0, 0.05) is 12.1 Å². The number of fused-ring (bicyclic) bond motifs is 1. The Hall–Kier alpha value is -2.70. The molecule has 0 aliphatic carbocycles. The van der Waals surface area contributed by atoms with Gasteiger partial charge in [0.05, 0.1) is 7.11 Å². The van der Waals surface area contributed by atoms with E-state index in [0.717, 1.165) is 5.56 Å². The largest absolute Gasteiger partial charge is 0.464 e. The van der Waals surface area contributed by atoms with Crippen LogP contribution in [0.2, 0.25) is 0 Å². The SMILES string of the molecule is CCn1nnn2c(-c3ccccc3)nc(C(=O)OC)c12. The van der Waals surface area contributed by atoms with Crippen molar-refractivity contribution in [1.29, 1.82) is 0 Å². The first-order valence-corrected chi connectivity index (χ1v) is 6.22. The predicted molar refractivity (Wildman–Crippen MR) is 71.2 cm³/mol. The maximum absolute atomic E-state index is 11.9. The topological polar surface area (TPSA) is 74.3 Å². The second-order valence-corrected chi connectivity index (χ2v) is 4.17. The highest BCUT2D eigenvalue weighted by molar-refractivity contribution is 5.95. The number of esters is 1. The van der Waals surface area contributed by atoms with Crippen molar-refractivity contribution in [2.75, 3.05) is 7.11 Å². The van der Waals surface area contributed by atoms with Crippen LogP contribution in [0.4, 0.5) is 0 Å². The number of ether oxygens (including phenoxy) is 1. The number of benzene rings is 1. The minimum atomic E-state index is -0.498. The lowest BCUT2D eigenvalue weighted by Gasteiger charge is -1.96. The van der Waals surface area contributed by atoms with Crippen LogP contribution in [0.25, 0.3) is 17.0 Å². The molecule has 0 saturated carbocycles. The van der Waals surface area contributed by atoms with Crippen LogP contribution in [0.3, 0.4) is 0 Å². The maximum Gasteiger partial charge on any atom is 0.360 e. The summed E-state index contributed by atoms with van der Waals surface area (Å²) in [7, 11) is 1.33. The van der Waals surface area contributed by atoms with Gasteiger partial charge in [0.1, 0.15) is 0 Å². The van der Waals surface area contributed by atoms with Crippen LogP contribution in [0.1, 0.15) is 17.4 Å². The first-order chi connectivity index (χ1) is 9.76. The van der Waals surface area contributed by atoms with Crippen molar-refractivity contribution in [1.82, 2.24) is 24.6 Å². The van der Waals surface area contributed by atoms with Crippen molar-refractivity contribution >= 4 is 11.6 Å². The fourth-order valence-electron chi connectivity index (χ4n) is 2.07. The van der Waals surface area contributed by atoms with Gasteiger partial charge >= 0.3 is 5.97 Å². The first kappa shape index (κ1) is 12.3. The van der Waals surface area contributed by atoms with Crippen LogP contribution in [-0.2, 0) is 11.3 Å². The molecular formula is C13H13N5O2. The van der Waals surface area contributed by atoms with Gasteiger partial charge in [0.25, 0.3) is 0 Å². The van der Waals surface area contributed by atoms with E-state index in [-0.39, 0.29) is 5.69 Å². The molecule has 0 amide bonds. The molecule has 0 spiro atoms. The van der Waals surface area contributed by atoms with Crippen LogP contribution in [-0.4, -0.2) is 37.7 Å². The Morgan fingerprint density at radius 2 is 2.00 bits per heavy atom. The Labute approximate surface area is 114 Å². The van der Waals surface area contributed by atoms with E-state index in [2.05, 4.69) is 15.4 Å². The summed E-state index contributed by atoms with van der Waals surface area (Å²) in [5.41, 5.74) is 1.62. The molecule has 1 aromatic carbocycles. The fourth-order valence-corrected chi connectivity index (χ4v) is 2.07. The Bertz CT molecular complexity index is 760. The van der Waals surface area contributed by atoms with Gasteiger partial charge < -0.3 is 4.74 Å². The molecule has 2 aromatic heterocycles. The van der Waals surface area contributed by atoms with Gasteiger partial charge in [-0.1, -0.05) is 30.3 Å². The number of nitrogens with zero attached hydrogens (tertiary/aromatic N) is 5. The van der Waals surface area contributed by atoms with Gasteiger partial charge in [0.15, 0.2) is 17.2 Å². The van der Waals surface area contributed by atoms with Gasteiger partial charge in [-0.2, -0.15) is 4.52 Å². The highest BCUT2D eigenvalue weighted by Gasteiger charge is 2.23. The summed E-state index contributed by atoms with van der Waals surface area (Å²) in [6.07, 6.45) is 0. The van der Waals surface area contributed by atoms with Gasteiger partial charge in [-0.3, -0.25) is 0 Å². The van der Waals surface area contributed by atoms with E-state index in [9.17, 15) is 4.79 Å². The zero-order valence-electron chi connectivity index (χ0n) is 11.1. The summed E-state index contributed by atoms with van der Waals surface area (Å²) in [5, 5.41) is 8.08. The second-order valence-electron chi connectivity index (χ2n) is 4.17. The number of hydrogen-bond acceptors (Lipinski definition) is 5. The summed E-state index contributed by atoms with van der Waals surface area (Å²) >= 11 is 0. The molecule has 102 valence electrons. The van der Waals surface area contributed by atoms with Crippen molar-refractivity contribution < 1.29 is 9.53 Å². The van der Waals surface area contributed by atoms with Crippen molar-refractivity contribution in [3.8, 4) is 11.4 Å². The highest BCUT2D eigenvalue weighted by atomic mass is 16.5. The lowest BCUT2D eigenvalue weighted by Crippen LogP contribution is -2.06. The van der Waals surface area contributed by atoms with E-state index in [1.807, 2.05) is 37.3 Å². The molecule has 0 bridgehead atoms. The van der Waals surface area contributed by atoms with Crippen molar-refractivity contribution in [2.45, 2.75) is 13.5 Å². The van der Waals surface area contributed by atoms with Crippen molar-refractivity contribution in [2.24, 2.45) is 0 Å². The van der Waals surface area contributed by atoms with Crippen molar-refractivity contribution in [3.63, 3.8) is 0 Å². The number of methoxy groups -OCH3 is 1. The number of imidazole rings is 1. The fraction of sp³-hybridized carbons (Fsp3) is 0.231. The van der Waals surface area contributed by atoms with Gasteiger partial charge in [-0.05, 0) is 17.4 Å². The first-order valence-electron chi connectivity index (χ1n) is 6.22. The number of hydrogen-bond donors (Lipinski definition) is 0. The van der Waals surface area contributed by atoms with Crippen LogP contribution in [0, 0.1) is 0 Å². The zero-order valence-corrected chi connectivity index (χ0v) is 11.1. The minimum absolute atomic E-state index is 0.221. The smallest absolute Gasteiger partial charge is 0.360 e. The minimum Gasteiger partial charge on any atom is -0.464 e. The molecule has 3 rings (SSSR count). The standard InChI is InChI=1S/C13H13N5O2/c1-3-17-12-10(13(19)20-2)14-11(18(12)16-15-17)9-7-5-4-6-8-9/h4-8H,3H2,1-2H3. The quantitative estimate of drug-likeness (QED) is 0.673. The van der Waals surface area contributed by atoms with E-state index in [4.69, 9.17) is 4.74 Å². The Balaban J connectivity index is 2.30. The molecular weight excluding hydrogens is 258 g/mol. The number of rotatable bonds is 3. The van der Waals surface area contributed by atoms with Crippen LogP contribution in [0.15, 0.2) is 30.3 Å². The molecule has 3 aromatic rings. The van der Waals surface area contributed by atoms with Crippen molar-refractivity contribution in [3.05, 3.63) is 36.0 Å². The average molecular weight is 271 g/mol. The van der Waals surface area contributed by atoms with Gasteiger partial charge in [-0.25, -0.2) is 14.5 Å². The maximum atomic E-state index is 11.9. The average Bonchev–Trinajstić information content (AvgIpc) is 3.07. The summed E-state index contributed by atoms with van der Waals surface area (Å²) in [5.74, 6) is 0.0716. The van der Waals surface area contributed by atoms with Crippen LogP contribution in [0.5, 0.6) is 0 Å². The zero-order chi connectivity index (χ0) is 14.1. The predicted octanol–water partition coefficient (Wildman–Crippen LogP) is 1.40. The number of tetrazole rings is 1. The number of aryl methyl sites for hydroxylation is 1. The number of carbonyl (C=O) groups is 1. The molecule has 0 fully saturated rings. The molecule has 2 heterocycles.